The molecule has 19 heavy (non-hydrogen) atoms. The molecule has 1 heterocycles. The second-order valence-electron chi connectivity index (χ2n) is 4.75. The van der Waals surface area contributed by atoms with E-state index in [1.807, 2.05) is 0 Å². The zero-order chi connectivity index (χ0) is 14.1. The van der Waals surface area contributed by atoms with Crippen molar-refractivity contribution < 1.29 is 9.90 Å². The Labute approximate surface area is 114 Å². The van der Waals surface area contributed by atoms with Crippen LogP contribution in [0.2, 0.25) is 0 Å². The van der Waals surface area contributed by atoms with E-state index in [0.717, 1.165) is 6.54 Å². The quantitative estimate of drug-likeness (QED) is 0.677. The molecule has 0 aliphatic rings. The third kappa shape index (κ3) is 5.83. The monoisotopic (exact) mass is 268 g/mol. The van der Waals surface area contributed by atoms with Gasteiger partial charge in [-0.1, -0.05) is 38.3 Å². The fourth-order valence-electron chi connectivity index (χ4n) is 2.04. The summed E-state index contributed by atoms with van der Waals surface area (Å²) in [5.41, 5.74) is -0.00362. The van der Waals surface area contributed by atoms with E-state index in [0.29, 0.717) is 12.6 Å². The predicted octanol–water partition coefficient (Wildman–Crippen LogP) is 1.92. The lowest BCUT2D eigenvalue weighted by atomic mass is 10.1. The number of hydrogen-bond acceptors (Lipinski definition) is 4. The van der Waals surface area contributed by atoms with E-state index in [-0.39, 0.29) is 5.69 Å². The van der Waals surface area contributed by atoms with Crippen LogP contribution < -0.4 is 5.32 Å². The number of nitrogens with one attached hydrogen (secondary N) is 1. The van der Waals surface area contributed by atoms with Crippen molar-refractivity contribution in [2.24, 2.45) is 0 Å². The van der Waals surface area contributed by atoms with Gasteiger partial charge in [0.05, 0.1) is 12.7 Å². The van der Waals surface area contributed by atoms with Crippen LogP contribution in [-0.2, 0) is 6.54 Å². The highest BCUT2D eigenvalue weighted by Crippen LogP contribution is 2.06. The Bertz CT molecular complexity index is 378. The highest BCUT2D eigenvalue weighted by atomic mass is 16.4. The normalized spacial score (nSPS) is 12.5. The van der Waals surface area contributed by atoms with Gasteiger partial charge in [0, 0.05) is 12.6 Å². The van der Waals surface area contributed by atoms with E-state index in [4.69, 9.17) is 5.11 Å². The number of unbranched alkanes of at least 4 members (excludes halogenated alkanes) is 1. The van der Waals surface area contributed by atoms with Crippen molar-refractivity contribution in [1.82, 2.24) is 20.3 Å². The minimum absolute atomic E-state index is 0.00362. The Hall–Kier alpha value is -1.43. The molecule has 0 aliphatic carbocycles. The summed E-state index contributed by atoms with van der Waals surface area (Å²) >= 11 is 0. The summed E-state index contributed by atoms with van der Waals surface area (Å²) in [4.78, 5) is 10.7. The summed E-state index contributed by atoms with van der Waals surface area (Å²) in [5, 5.41) is 19.6. The lowest BCUT2D eigenvalue weighted by Crippen LogP contribution is -2.32. The van der Waals surface area contributed by atoms with E-state index in [1.165, 1.54) is 38.3 Å². The third-order valence-electron chi connectivity index (χ3n) is 3.07. The average Bonchev–Trinajstić information content (AvgIpc) is 2.85. The van der Waals surface area contributed by atoms with Gasteiger partial charge in [0.15, 0.2) is 5.69 Å². The standard InChI is InChI=1S/C13H24N4O2/c1-3-5-7-11(6-4-2)14-8-9-17-10-12(13(18)19)15-16-17/h10-11,14H,3-9H2,1-2H3,(H,18,19). The Morgan fingerprint density at radius 2 is 2.21 bits per heavy atom. The van der Waals surface area contributed by atoms with Crippen LogP contribution in [0.3, 0.4) is 0 Å². The number of carbonyl (C=O) groups is 1. The first-order valence-corrected chi connectivity index (χ1v) is 7.04. The molecule has 108 valence electrons. The largest absolute Gasteiger partial charge is 0.476 e. The molecule has 6 nitrogen and oxygen atoms in total. The molecule has 0 aromatic carbocycles. The summed E-state index contributed by atoms with van der Waals surface area (Å²) in [6.45, 7) is 5.83. The van der Waals surface area contributed by atoms with E-state index in [1.54, 1.807) is 4.68 Å². The Morgan fingerprint density at radius 3 is 2.79 bits per heavy atom. The van der Waals surface area contributed by atoms with Gasteiger partial charge in [-0.3, -0.25) is 4.68 Å². The van der Waals surface area contributed by atoms with Gasteiger partial charge < -0.3 is 10.4 Å². The fraction of sp³-hybridized carbons (Fsp3) is 0.769. The summed E-state index contributed by atoms with van der Waals surface area (Å²) < 4.78 is 1.57. The van der Waals surface area contributed by atoms with Crippen molar-refractivity contribution >= 4 is 5.97 Å². The molecule has 0 spiro atoms. The molecule has 0 saturated carbocycles. The molecule has 1 aromatic rings. The van der Waals surface area contributed by atoms with Gasteiger partial charge >= 0.3 is 5.97 Å². The zero-order valence-corrected chi connectivity index (χ0v) is 11.8. The molecule has 0 radical (unpaired) electrons. The molecular formula is C13H24N4O2. The lowest BCUT2D eigenvalue weighted by molar-refractivity contribution is 0.0690. The van der Waals surface area contributed by atoms with Gasteiger partial charge in [-0.15, -0.1) is 5.10 Å². The topological polar surface area (TPSA) is 80.0 Å². The summed E-state index contributed by atoms with van der Waals surface area (Å²) in [6, 6.07) is 0.549. The molecule has 0 saturated heterocycles. The first kappa shape index (κ1) is 15.6. The van der Waals surface area contributed by atoms with Crippen molar-refractivity contribution in [3.8, 4) is 0 Å². The highest BCUT2D eigenvalue weighted by Gasteiger charge is 2.09. The SMILES string of the molecule is CCCCC(CCC)NCCn1cc(C(=O)O)nn1. The minimum atomic E-state index is -1.04. The molecule has 1 atom stereocenters. The van der Waals surface area contributed by atoms with Crippen molar-refractivity contribution in [2.75, 3.05) is 6.54 Å². The van der Waals surface area contributed by atoms with E-state index >= 15 is 0 Å². The predicted molar refractivity (Wildman–Crippen MR) is 73.2 cm³/mol. The number of aromatic carboxylic acids is 1. The van der Waals surface area contributed by atoms with Crippen LogP contribution in [0, 0.1) is 0 Å². The van der Waals surface area contributed by atoms with Crippen LogP contribution in [0.1, 0.15) is 56.4 Å². The number of hydrogen-bond donors (Lipinski definition) is 2. The van der Waals surface area contributed by atoms with E-state index in [9.17, 15) is 4.79 Å². The maximum absolute atomic E-state index is 10.7. The molecule has 1 unspecified atom stereocenters. The van der Waals surface area contributed by atoms with Gasteiger partial charge in [-0.05, 0) is 12.8 Å². The Kier molecular flexibility index (Phi) is 7.10. The molecule has 1 rings (SSSR count). The number of aromatic nitrogens is 3. The maximum Gasteiger partial charge on any atom is 0.358 e. The molecule has 0 bridgehead atoms. The van der Waals surface area contributed by atoms with Crippen LogP contribution >= 0.6 is 0 Å². The Morgan fingerprint density at radius 1 is 1.42 bits per heavy atom. The number of rotatable bonds is 10. The van der Waals surface area contributed by atoms with Crippen LogP contribution in [0.15, 0.2) is 6.20 Å². The number of carboxylic acids is 1. The van der Waals surface area contributed by atoms with E-state index < -0.39 is 5.97 Å². The minimum Gasteiger partial charge on any atom is -0.476 e. The zero-order valence-electron chi connectivity index (χ0n) is 11.8. The van der Waals surface area contributed by atoms with Gasteiger partial charge in [0.2, 0.25) is 0 Å². The molecule has 2 N–H and O–H groups in total. The molecule has 0 amide bonds. The summed E-state index contributed by atoms with van der Waals surface area (Å²) in [5.74, 6) is -1.04. The first-order valence-electron chi connectivity index (χ1n) is 7.04. The Balaban J connectivity index is 2.31. The van der Waals surface area contributed by atoms with Crippen LogP contribution in [0.5, 0.6) is 0 Å². The average molecular weight is 268 g/mol. The lowest BCUT2D eigenvalue weighted by Gasteiger charge is -2.17. The second kappa shape index (κ2) is 8.63. The fourth-order valence-corrected chi connectivity index (χ4v) is 2.04. The smallest absolute Gasteiger partial charge is 0.358 e. The molecule has 0 aliphatic heterocycles. The van der Waals surface area contributed by atoms with Gasteiger partial charge in [-0.25, -0.2) is 4.79 Å². The molecule has 0 fully saturated rings. The van der Waals surface area contributed by atoms with Gasteiger partial charge in [-0.2, -0.15) is 0 Å². The number of carboxylic acid groups (broad SMARTS) is 1. The summed E-state index contributed by atoms with van der Waals surface area (Å²) in [7, 11) is 0. The van der Waals surface area contributed by atoms with Crippen molar-refractivity contribution in [3.05, 3.63) is 11.9 Å². The highest BCUT2D eigenvalue weighted by molar-refractivity contribution is 5.84. The van der Waals surface area contributed by atoms with Crippen LogP contribution in [0.25, 0.3) is 0 Å². The van der Waals surface area contributed by atoms with Crippen molar-refractivity contribution in [2.45, 2.75) is 58.5 Å². The van der Waals surface area contributed by atoms with Crippen LogP contribution in [-0.4, -0.2) is 38.7 Å². The maximum atomic E-state index is 10.7. The van der Waals surface area contributed by atoms with Crippen LogP contribution in [0.4, 0.5) is 0 Å². The number of nitrogens with zero attached hydrogens (tertiary/aromatic N) is 3. The second-order valence-corrected chi connectivity index (χ2v) is 4.75. The van der Waals surface area contributed by atoms with Crippen molar-refractivity contribution in [3.63, 3.8) is 0 Å². The molecule has 1 aromatic heterocycles. The molecule has 6 heteroatoms. The summed E-state index contributed by atoms with van der Waals surface area (Å²) in [6.07, 6.45) is 7.47. The first-order chi connectivity index (χ1) is 9.17. The third-order valence-corrected chi connectivity index (χ3v) is 3.07. The molecular weight excluding hydrogens is 244 g/mol. The van der Waals surface area contributed by atoms with Gasteiger partial charge in [0.1, 0.15) is 0 Å². The van der Waals surface area contributed by atoms with Gasteiger partial charge in [0.25, 0.3) is 0 Å². The van der Waals surface area contributed by atoms with E-state index in [2.05, 4.69) is 29.5 Å². The van der Waals surface area contributed by atoms with Crippen molar-refractivity contribution in [1.29, 1.82) is 0 Å².